The molecule has 1 saturated heterocycles. The van der Waals surface area contributed by atoms with Crippen LogP contribution in [-0.4, -0.2) is 48.0 Å². The second kappa shape index (κ2) is 4.78. The fraction of sp³-hybridized carbons (Fsp3) is 0.929. The van der Waals surface area contributed by atoms with Crippen molar-refractivity contribution in [2.75, 3.05) is 12.8 Å². The molecule has 0 amide bonds. The largest absolute Gasteiger partial charge is 0.298 e. The highest BCUT2D eigenvalue weighted by Crippen LogP contribution is 2.62. The lowest BCUT2D eigenvalue weighted by Gasteiger charge is -2.54. The van der Waals surface area contributed by atoms with Gasteiger partial charge in [0.1, 0.15) is 0 Å². The number of likely N-dealkylation sites (tertiary alicyclic amines) is 1. The summed E-state index contributed by atoms with van der Waals surface area (Å²) in [5, 5.41) is 0. The molecule has 0 radical (unpaired) electrons. The average Bonchev–Trinajstić information content (AvgIpc) is 2.59. The molecule has 3 rings (SSSR count). The number of ketones is 1. The summed E-state index contributed by atoms with van der Waals surface area (Å²) in [7, 11) is -3.67. The maximum atomic E-state index is 12.3. The van der Waals surface area contributed by atoms with E-state index in [1.165, 1.54) is 12.8 Å². The molecule has 20 heavy (non-hydrogen) atoms. The maximum Gasteiger partial charge on any atom is 0.261 e. The molecule has 3 fully saturated rings. The van der Waals surface area contributed by atoms with Gasteiger partial charge in [-0.25, -0.2) is 0 Å². The van der Waals surface area contributed by atoms with Crippen LogP contribution in [-0.2, 0) is 14.9 Å². The van der Waals surface area contributed by atoms with E-state index in [4.69, 9.17) is 4.55 Å². The maximum absolute atomic E-state index is 12.3. The van der Waals surface area contributed by atoms with E-state index in [-0.39, 0.29) is 11.0 Å². The Morgan fingerprint density at radius 3 is 2.10 bits per heavy atom. The Kier molecular flexibility index (Phi) is 3.81. The van der Waals surface area contributed by atoms with E-state index in [1.807, 2.05) is 0 Å². The van der Waals surface area contributed by atoms with Crippen LogP contribution in [0.25, 0.3) is 0 Å². The van der Waals surface area contributed by atoms with Crippen LogP contribution >= 0.6 is 0 Å². The van der Waals surface area contributed by atoms with Crippen molar-refractivity contribution in [1.82, 2.24) is 4.90 Å². The molecule has 3 atom stereocenters. The first-order valence-corrected chi connectivity index (χ1v) is 9.07. The standard InChI is InChI=1S/C13H21NO.CH4O3S/c1-9-5-7-14(9)13-6-4-10(8-11(13)15)12(13,2)3;1-5(2,3)4/h9-10H,4-8H2,1-3H3;1H3,(H,2,3,4)/t9-,10-,13-;/m0./s1. The van der Waals surface area contributed by atoms with Gasteiger partial charge in [-0.2, -0.15) is 8.42 Å². The van der Waals surface area contributed by atoms with Gasteiger partial charge >= 0.3 is 0 Å². The molecule has 0 spiro atoms. The zero-order chi connectivity index (χ0) is 15.3. The van der Waals surface area contributed by atoms with Gasteiger partial charge in [0.05, 0.1) is 11.8 Å². The van der Waals surface area contributed by atoms with Gasteiger partial charge in [0.25, 0.3) is 10.1 Å². The van der Waals surface area contributed by atoms with Crippen molar-refractivity contribution in [3.63, 3.8) is 0 Å². The van der Waals surface area contributed by atoms with Crippen LogP contribution in [0.4, 0.5) is 0 Å². The van der Waals surface area contributed by atoms with Gasteiger partial charge in [-0.3, -0.25) is 14.2 Å². The molecule has 0 aromatic heterocycles. The minimum atomic E-state index is -3.67. The fourth-order valence-corrected chi connectivity index (χ4v) is 4.41. The molecule has 1 aliphatic heterocycles. The normalized spacial score (nSPS) is 39.1. The van der Waals surface area contributed by atoms with E-state index in [1.54, 1.807) is 0 Å². The molecule has 1 N–H and O–H groups in total. The Morgan fingerprint density at radius 1 is 1.30 bits per heavy atom. The Hall–Kier alpha value is -0.460. The highest BCUT2D eigenvalue weighted by atomic mass is 32.2. The van der Waals surface area contributed by atoms with Crippen LogP contribution in [0.1, 0.15) is 46.5 Å². The third-order valence-corrected chi connectivity index (χ3v) is 5.64. The van der Waals surface area contributed by atoms with Gasteiger partial charge in [0.2, 0.25) is 0 Å². The van der Waals surface area contributed by atoms with Crippen molar-refractivity contribution >= 4 is 15.9 Å². The third kappa shape index (κ3) is 2.31. The lowest BCUT2D eigenvalue weighted by Crippen LogP contribution is -2.66. The number of rotatable bonds is 1. The summed E-state index contributed by atoms with van der Waals surface area (Å²) >= 11 is 0. The lowest BCUT2D eigenvalue weighted by molar-refractivity contribution is -0.141. The Balaban J connectivity index is 0.000000257. The summed E-state index contributed by atoms with van der Waals surface area (Å²) < 4.78 is 25.9. The highest BCUT2D eigenvalue weighted by Gasteiger charge is 2.68. The number of carbonyl (C=O) groups is 1. The first kappa shape index (κ1) is 15.9. The van der Waals surface area contributed by atoms with Crippen molar-refractivity contribution in [3.8, 4) is 0 Å². The number of hydrogen-bond donors (Lipinski definition) is 1. The molecule has 2 bridgehead atoms. The van der Waals surface area contributed by atoms with E-state index >= 15 is 0 Å². The minimum Gasteiger partial charge on any atom is -0.298 e. The van der Waals surface area contributed by atoms with Crippen LogP contribution in [0.15, 0.2) is 0 Å². The van der Waals surface area contributed by atoms with E-state index < -0.39 is 10.1 Å². The van der Waals surface area contributed by atoms with Gasteiger partial charge in [0, 0.05) is 19.0 Å². The predicted molar refractivity (Wildman–Crippen MR) is 77.1 cm³/mol. The monoisotopic (exact) mass is 303 g/mol. The quantitative estimate of drug-likeness (QED) is 0.747. The lowest BCUT2D eigenvalue weighted by atomic mass is 9.72. The first-order chi connectivity index (χ1) is 9.00. The van der Waals surface area contributed by atoms with Crippen molar-refractivity contribution in [2.45, 2.75) is 58.0 Å². The second-order valence-electron chi connectivity index (χ2n) is 7.01. The molecule has 0 unspecified atom stereocenters. The van der Waals surface area contributed by atoms with Crippen molar-refractivity contribution in [3.05, 3.63) is 0 Å². The van der Waals surface area contributed by atoms with E-state index in [0.717, 1.165) is 19.4 Å². The first-order valence-electron chi connectivity index (χ1n) is 7.22. The molecule has 116 valence electrons. The Morgan fingerprint density at radius 2 is 1.85 bits per heavy atom. The molecular weight excluding hydrogens is 278 g/mol. The molecule has 5 nitrogen and oxygen atoms in total. The second-order valence-corrected chi connectivity index (χ2v) is 8.48. The van der Waals surface area contributed by atoms with Gasteiger partial charge in [0.15, 0.2) is 5.78 Å². The molecule has 0 aromatic rings. The summed E-state index contributed by atoms with van der Waals surface area (Å²) in [5.41, 5.74) is 0.147. The summed E-state index contributed by atoms with van der Waals surface area (Å²) in [6, 6.07) is 0.630. The summed E-state index contributed by atoms with van der Waals surface area (Å²) in [6.07, 6.45) is 5.22. The Bertz CT molecular complexity index is 505. The number of nitrogens with zero attached hydrogens (tertiary/aromatic N) is 1. The summed E-state index contributed by atoms with van der Waals surface area (Å²) in [5.74, 6) is 1.19. The zero-order valence-electron chi connectivity index (χ0n) is 12.7. The highest BCUT2D eigenvalue weighted by molar-refractivity contribution is 7.85. The van der Waals surface area contributed by atoms with Gasteiger partial charge < -0.3 is 0 Å². The SMILES string of the molecule is CS(=O)(=O)O.C[C@H]1CCN1[C@@]12CC[C@@H](CC1=O)C2(C)C. The topological polar surface area (TPSA) is 74.7 Å². The van der Waals surface area contributed by atoms with Crippen molar-refractivity contribution < 1.29 is 17.8 Å². The summed E-state index contributed by atoms with van der Waals surface area (Å²) in [4.78, 5) is 14.8. The smallest absolute Gasteiger partial charge is 0.261 e. The van der Waals surface area contributed by atoms with Crippen LogP contribution in [0.3, 0.4) is 0 Å². The van der Waals surface area contributed by atoms with E-state index in [2.05, 4.69) is 25.7 Å². The molecule has 2 saturated carbocycles. The van der Waals surface area contributed by atoms with Crippen molar-refractivity contribution in [1.29, 1.82) is 0 Å². The molecule has 3 aliphatic rings. The molecule has 6 heteroatoms. The third-order valence-electron chi connectivity index (χ3n) is 5.64. The zero-order valence-corrected chi connectivity index (χ0v) is 13.5. The molecular formula is C14H25NO4S. The van der Waals surface area contributed by atoms with E-state index in [9.17, 15) is 13.2 Å². The van der Waals surface area contributed by atoms with Gasteiger partial charge in [-0.05, 0) is 37.5 Å². The van der Waals surface area contributed by atoms with Crippen LogP contribution in [0.5, 0.6) is 0 Å². The van der Waals surface area contributed by atoms with Gasteiger partial charge in [-0.1, -0.05) is 13.8 Å². The number of fused-ring (bicyclic) bond motifs is 2. The predicted octanol–water partition coefficient (Wildman–Crippen LogP) is 1.73. The number of Topliss-reactive ketones (excluding diaryl/α,β-unsaturated/α-hetero) is 1. The van der Waals surface area contributed by atoms with Crippen LogP contribution in [0, 0.1) is 11.3 Å². The van der Waals surface area contributed by atoms with Crippen molar-refractivity contribution in [2.24, 2.45) is 11.3 Å². The average molecular weight is 303 g/mol. The van der Waals surface area contributed by atoms with E-state index in [0.29, 0.717) is 24.0 Å². The molecule has 2 aliphatic carbocycles. The van der Waals surface area contributed by atoms with Gasteiger partial charge in [-0.15, -0.1) is 0 Å². The Labute approximate surface area is 121 Å². The van der Waals surface area contributed by atoms with Crippen LogP contribution in [0.2, 0.25) is 0 Å². The van der Waals surface area contributed by atoms with Crippen LogP contribution < -0.4 is 0 Å². The fourth-order valence-electron chi connectivity index (χ4n) is 4.41. The minimum absolute atomic E-state index is 0.0741. The molecule has 1 heterocycles. The number of hydrogen-bond acceptors (Lipinski definition) is 4. The summed E-state index contributed by atoms with van der Waals surface area (Å²) in [6.45, 7) is 8.05. The molecule has 0 aromatic carbocycles. The number of carbonyl (C=O) groups excluding carboxylic acids is 1.